The van der Waals surface area contributed by atoms with Crippen molar-refractivity contribution in [3.05, 3.63) is 0 Å². The molecular weight excluding hydrogens is 328 g/mol. The first-order valence-corrected chi connectivity index (χ1v) is 14.5. The molecule has 0 aliphatic heterocycles. The molecule has 0 radical (unpaired) electrons. The number of nitrogens with zero attached hydrogens (tertiary/aromatic N) is 3. The number of unbranched alkanes of at least 4 members (excludes halogenated alkanes) is 3. The molecule has 0 aliphatic carbocycles. The number of rotatable bonds is 15. The molecule has 0 fully saturated rings. The van der Waals surface area contributed by atoms with Crippen LogP contribution >= 0.6 is 0 Å². The zero-order chi connectivity index (χ0) is 16.8. The van der Waals surface area contributed by atoms with Gasteiger partial charge in [0.2, 0.25) is 0 Å². The van der Waals surface area contributed by atoms with Crippen LogP contribution in [0.3, 0.4) is 0 Å². The first kappa shape index (κ1) is 22.5. The molecule has 0 rings (SSSR count). The molecule has 4 heteroatoms. The van der Waals surface area contributed by atoms with E-state index in [1.54, 1.807) is 14.9 Å². The van der Waals surface area contributed by atoms with Crippen molar-refractivity contribution in [2.24, 2.45) is 0 Å². The second-order valence-electron chi connectivity index (χ2n) is 7.76. The van der Waals surface area contributed by atoms with Crippen LogP contribution in [0, 0.1) is 0 Å². The quantitative estimate of drug-likeness (QED) is 0.323. The Kier molecular flexibility index (Phi) is 15.4. The molecule has 0 N–H and O–H groups in total. The Balaban J connectivity index is 3.86. The average Bonchev–Trinajstić information content (AvgIpc) is 2.42. The van der Waals surface area contributed by atoms with Gasteiger partial charge in [-0.15, -0.1) is 0 Å². The molecule has 0 amide bonds. The molecule has 132 valence electrons. The van der Waals surface area contributed by atoms with E-state index >= 15 is 0 Å². The Morgan fingerprint density at radius 3 is 0.955 bits per heavy atom. The minimum atomic E-state index is -0.983. The van der Waals surface area contributed by atoms with E-state index in [1.165, 1.54) is 58.2 Å². The van der Waals surface area contributed by atoms with Gasteiger partial charge in [-0.25, -0.2) is 0 Å². The number of hydrogen-bond donors (Lipinski definition) is 0. The fourth-order valence-electron chi connectivity index (χ4n) is 3.02. The van der Waals surface area contributed by atoms with Crippen LogP contribution in [0.5, 0.6) is 0 Å². The van der Waals surface area contributed by atoms with Crippen molar-refractivity contribution in [3.63, 3.8) is 0 Å². The van der Waals surface area contributed by atoms with E-state index in [2.05, 4.69) is 57.0 Å². The molecule has 0 unspecified atom stereocenters. The van der Waals surface area contributed by atoms with Crippen molar-refractivity contribution < 1.29 is 0 Å². The topological polar surface area (TPSA) is 9.72 Å². The summed E-state index contributed by atoms with van der Waals surface area (Å²) in [6.45, 7) is 3.82. The van der Waals surface area contributed by atoms with Crippen LogP contribution in [0.1, 0.15) is 38.5 Å². The Bertz CT molecular complexity index is 194. The van der Waals surface area contributed by atoms with Crippen molar-refractivity contribution in [2.45, 2.75) is 53.5 Å². The minimum absolute atomic E-state index is 0.983. The first-order chi connectivity index (χ1) is 10.4. The van der Waals surface area contributed by atoms with Gasteiger partial charge in [-0.2, -0.15) is 0 Å². The molecular formula is C18H42GaN3. The zero-order valence-corrected chi connectivity index (χ0v) is 18.8. The standard InChI is InChI=1S/3C6H14N.Ga/c3*1-4-5-6-7(2)3;/h3*1,4-6H2,2-3H3;. The SMILES string of the molecule is CN(C)CCC[CH2][Ga]([CH2]CCCN(C)C)[CH2]CCCN(C)C. The Labute approximate surface area is 146 Å². The van der Waals surface area contributed by atoms with Crippen LogP contribution < -0.4 is 0 Å². The fourth-order valence-corrected chi connectivity index (χ4v) is 10.3. The second-order valence-corrected chi connectivity index (χ2v) is 15.0. The van der Waals surface area contributed by atoms with E-state index in [9.17, 15) is 0 Å². The van der Waals surface area contributed by atoms with Gasteiger partial charge in [-0.3, -0.25) is 0 Å². The summed E-state index contributed by atoms with van der Waals surface area (Å²) < 4.78 is 0. The van der Waals surface area contributed by atoms with Gasteiger partial charge in [0.05, 0.1) is 0 Å². The van der Waals surface area contributed by atoms with E-state index < -0.39 is 16.2 Å². The van der Waals surface area contributed by atoms with Crippen LogP contribution in [0.4, 0.5) is 0 Å². The van der Waals surface area contributed by atoms with Gasteiger partial charge in [-0.05, 0) is 0 Å². The van der Waals surface area contributed by atoms with Crippen LogP contribution in [0.2, 0.25) is 14.9 Å². The molecule has 0 bridgehead atoms. The van der Waals surface area contributed by atoms with E-state index in [4.69, 9.17) is 0 Å². The van der Waals surface area contributed by atoms with E-state index in [0.29, 0.717) is 0 Å². The molecule has 22 heavy (non-hydrogen) atoms. The fraction of sp³-hybridized carbons (Fsp3) is 1.00. The molecule has 0 aromatic heterocycles. The summed E-state index contributed by atoms with van der Waals surface area (Å²) >= 11 is -0.983. The first-order valence-electron chi connectivity index (χ1n) is 9.36. The van der Waals surface area contributed by atoms with Crippen LogP contribution in [-0.2, 0) is 0 Å². The number of hydrogen-bond acceptors (Lipinski definition) is 3. The predicted octanol–water partition coefficient (Wildman–Crippen LogP) is 3.51. The average molecular weight is 370 g/mol. The summed E-state index contributed by atoms with van der Waals surface area (Å²) in [5, 5.41) is 0. The summed E-state index contributed by atoms with van der Waals surface area (Å²) in [6, 6.07) is 0. The predicted molar refractivity (Wildman–Crippen MR) is 104 cm³/mol. The van der Waals surface area contributed by atoms with Crippen molar-refractivity contribution in [2.75, 3.05) is 61.9 Å². The van der Waals surface area contributed by atoms with E-state index in [0.717, 1.165) is 0 Å². The van der Waals surface area contributed by atoms with Gasteiger partial charge in [0.15, 0.2) is 0 Å². The Hall–Kier alpha value is 0.516. The molecule has 0 aromatic rings. The summed E-state index contributed by atoms with van der Waals surface area (Å²) in [5.41, 5.74) is 0. The summed E-state index contributed by atoms with van der Waals surface area (Å²) in [6.07, 6.45) is 8.69. The third-order valence-electron chi connectivity index (χ3n) is 4.40. The van der Waals surface area contributed by atoms with Gasteiger partial charge in [0.25, 0.3) is 0 Å². The van der Waals surface area contributed by atoms with Gasteiger partial charge in [0.1, 0.15) is 0 Å². The van der Waals surface area contributed by atoms with Gasteiger partial charge >= 0.3 is 146 Å². The van der Waals surface area contributed by atoms with Crippen molar-refractivity contribution in [1.29, 1.82) is 0 Å². The van der Waals surface area contributed by atoms with Crippen LogP contribution in [0.15, 0.2) is 0 Å². The molecule has 0 aliphatic rings. The maximum atomic E-state index is 2.33. The monoisotopic (exact) mass is 369 g/mol. The van der Waals surface area contributed by atoms with E-state index in [-0.39, 0.29) is 0 Å². The molecule has 0 saturated heterocycles. The summed E-state index contributed by atoms with van der Waals surface area (Å²) in [7, 11) is 13.2. The molecule has 0 saturated carbocycles. The second kappa shape index (κ2) is 15.1. The Morgan fingerprint density at radius 1 is 0.455 bits per heavy atom. The van der Waals surface area contributed by atoms with Crippen molar-refractivity contribution in [1.82, 2.24) is 14.7 Å². The Morgan fingerprint density at radius 2 is 0.727 bits per heavy atom. The molecule has 0 heterocycles. The van der Waals surface area contributed by atoms with Gasteiger partial charge < -0.3 is 0 Å². The van der Waals surface area contributed by atoms with E-state index in [1.807, 2.05) is 0 Å². The van der Waals surface area contributed by atoms with Gasteiger partial charge in [0, 0.05) is 0 Å². The molecule has 0 aromatic carbocycles. The maximum absolute atomic E-state index is 2.33. The molecule has 0 spiro atoms. The third-order valence-corrected chi connectivity index (χ3v) is 12.1. The van der Waals surface area contributed by atoms with Crippen LogP contribution in [-0.4, -0.2) is 92.8 Å². The van der Waals surface area contributed by atoms with Crippen molar-refractivity contribution >= 4 is 16.2 Å². The van der Waals surface area contributed by atoms with Crippen molar-refractivity contribution in [3.8, 4) is 0 Å². The normalized spacial score (nSPS) is 11.9. The summed E-state index contributed by atoms with van der Waals surface area (Å²) in [5.74, 6) is 0. The molecule has 0 atom stereocenters. The third kappa shape index (κ3) is 16.9. The summed E-state index contributed by atoms with van der Waals surface area (Å²) in [4.78, 5) is 11.9. The van der Waals surface area contributed by atoms with Gasteiger partial charge in [-0.1, -0.05) is 0 Å². The van der Waals surface area contributed by atoms with Crippen LogP contribution in [0.25, 0.3) is 0 Å². The molecule has 3 nitrogen and oxygen atoms in total. The zero-order valence-electron chi connectivity index (χ0n) is 16.4.